The zero-order chi connectivity index (χ0) is 15.5. The Labute approximate surface area is 125 Å². The lowest BCUT2D eigenvalue weighted by atomic mass is 9.47. The van der Waals surface area contributed by atoms with Gasteiger partial charge >= 0.3 is 12.1 Å². The summed E-state index contributed by atoms with van der Waals surface area (Å²) in [6.45, 7) is 5.51. The van der Waals surface area contributed by atoms with Crippen molar-refractivity contribution in [3.63, 3.8) is 0 Å². The normalized spacial score (nSPS) is 40.9. The highest BCUT2D eigenvalue weighted by molar-refractivity contribution is 5.76. The summed E-state index contributed by atoms with van der Waals surface area (Å²) in [5, 5.41) is 12.7. The minimum absolute atomic E-state index is 0.370. The van der Waals surface area contributed by atoms with Gasteiger partial charge in [0.05, 0.1) is 5.41 Å². The number of ether oxygens (including phenoxy) is 1. The Kier molecular flexibility index (Phi) is 3.05. The highest BCUT2D eigenvalue weighted by atomic mass is 16.6. The number of aliphatic carboxylic acids is 1. The molecule has 0 aromatic rings. The molecule has 4 atom stereocenters. The molecule has 4 bridgehead atoms. The summed E-state index contributed by atoms with van der Waals surface area (Å²) >= 11 is 0. The fourth-order valence-electron chi connectivity index (χ4n) is 5.18. The van der Waals surface area contributed by atoms with E-state index in [1.165, 1.54) is 0 Å². The van der Waals surface area contributed by atoms with Gasteiger partial charge in [0.2, 0.25) is 0 Å². The van der Waals surface area contributed by atoms with Gasteiger partial charge in [0.25, 0.3) is 0 Å². The minimum atomic E-state index is -0.688. The van der Waals surface area contributed by atoms with Crippen molar-refractivity contribution >= 4 is 12.1 Å². The molecule has 5 heteroatoms. The summed E-state index contributed by atoms with van der Waals surface area (Å²) in [5.41, 5.74) is -1.53. The van der Waals surface area contributed by atoms with Crippen LogP contribution in [0.3, 0.4) is 0 Å². The van der Waals surface area contributed by atoms with Gasteiger partial charge in [0, 0.05) is 5.54 Å². The number of hydrogen-bond donors (Lipinski definition) is 2. The largest absolute Gasteiger partial charge is 0.481 e. The summed E-state index contributed by atoms with van der Waals surface area (Å²) in [7, 11) is 0. The van der Waals surface area contributed by atoms with Crippen LogP contribution in [0.1, 0.15) is 59.3 Å². The summed E-state index contributed by atoms with van der Waals surface area (Å²) < 4.78 is 5.37. The quantitative estimate of drug-likeness (QED) is 0.821. The molecule has 4 saturated carbocycles. The van der Waals surface area contributed by atoms with Gasteiger partial charge in [-0.2, -0.15) is 0 Å². The molecule has 4 aliphatic carbocycles. The second kappa shape index (κ2) is 4.37. The van der Waals surface area contributed by atoms with E-state index in [1.807, 2.05) is 20.8 Å². The Morgan fingerprint density at radius 3 is 2.19 bits per heavy atom. The molecule has 21 heavy (non-hydrogen) atoms. The summed E-state index contributed by atoms with van der Waals surface area (Å²) in [5.74, 6) is 0.168. The molecule has 1 amide bonds. The van der Waals surface area contributed by atoms with E-state index in [-0.39, 0.29) is 5.54 Å². The van der Waals surface area contributed by atoms with Gasteiger partial charge in [-0.3, -0.25) is 4.79 Å². The Bertz CT molecular complexity index is 465. The second-order valence-electron chi connectivity index (χ2n) is 8.45. The first-order valence-electron chi connectivity index (χ1n) is 7.86. The standard InChI is InChI=1S/C16H25NO4/c1-14(2,3)21-13(20)17-16-7-10-4-11(8-16)6-15(5-10,9-16)12(18)19/h10-11H,4-9H2,1-3H3,(H,17,20)(H,18,19)/t10-,11+,15?,16?. The number of carbonyl (C=O) groups is 2. The summed E-state index contributed by atoms with van der Waals surface area (Å²) in [6, 6.07) is 0. The number of hydrogen-bond acceptors (Lipinski definition) is 3. The van der Waals surface area contributed by atoms with Crippen LogP contribution >= 0.6 is 0 Å². The molecular weight excluding hydrogens is 270 g/mol. The summed E-state index contributed by atoms with van der Waals surface area (Å²) in [4.78, 5) is 23.9. The lowest BCUT2D eigenvalue weighted by Crippen LogP contribution is -2.65. The van der Waals surface area contributed by atoms with Crippen molar-refractivity contribution in [2.75, 3.05) is 0 Å². The lowest BCUT2D eigenvalue weighted by Gasteiger charge is -2.60. The molecule has 4 aliphatic rings. The maximum Gasteiger partial charge on any atom is 0.408 e. The first-order chi connectivity index (χ1) is 9.62. The van der Waals surface area contributed by atoms with Crippen LogP contribution in [0, 0.1) is 17.3 Å². The molecule has 0 aliphatic heterocycles. The highest BCUT2D eigenvalue weighted by Gasteiger charge is 2.61. The average molecular weight is 295 g/mol. The zero-order valence-electron chi connectivity index (χ0n) is 13.1. The van der Waals surface area contributed by atoms with E-state index in [1.54, 1.807) is 0 Å². The van der Waals surface area contributed by atoms with E-state index in [9.17, 15) is 14.7 Å². The van der Waals surface area contributed by atoms with E-state index < -0.39 is 23.1 Å². The number of carboxylic acid groups (broad SMARTS) is 1. The number of carboxylic acids is 1. The van der Waals surface area contributed by atoms with Crippen LogP contribution in [-0.2, 0) is 9.53 Å². The molecule has 118 valence electrons. The molecule has 4 fully saturated rings. The number of alkyl carbamates (subject to hydrolysis) is 1. The first-order valence-corrected chi connectivity index (χ1v) is 7.86. The van der Waals surface area contributed by atoms with Crippen molar-refractivity contribution in [1.29, 1.82) is 0 Å². The predicted molar refractivity (Wildman–Crippen MR) is 76.9 cm³/mol. The number of nitrogens with one attached hydrogen (secondary N) is 1. The SMILES string of the molecule is CC(C)(C)OC(=O)NC12C[C@H]3C[C@@H](C1)CC(C(=O)O)(C3)C2. The van der Waals surface area contributed by atoms with Crippen molar-refractivity contribution < 1.29 is 19.4 Å². The monoisotopic (exact) mass is 295 g/mol. The first kappa shape index (κ1) is 14.7. The average Bonchev–Trinajstić information content (AvgIpc) is 2.22. The maximum absolute atomic E-state index is 12.1. The minimum Gasteiger partial charge on any atom is -0.481 e. The number of amides is 1. The molecule has 4 rings (SSSR count). The maximum atomic E-state index is 12.1. The molecule has 0 radical (unpaired) electrons. The second-order valence-corrected chi connectivity index (χ2v) is 8.45. The third kappa shape index (κ3) is 2.62. The van der Waals surface area contributed by atoms with E-state index in [0.717, 1.165) is 32.1 Å². The fourth-order valence-corrected chi connectivity index (χ4v) is 5.18. The van der Waals surface area contributed by atoms with Crippen LogP contribution in [0.2, 0.25) is 0 Å². The Balaban J connectivity index is 1.79. The van der Waals surface area contributed by atoms with E-state index in [0.29, 0.717) is 18.3 Å². The molecule has 0 aromatic heterocycles. The Morgan fingerprint density at radius 1 is 1.14 bits per heavy atom. The van der Waals surface area contributed by atoms with Gasteiger partial charge in [-0.15, -0.1) is 0 Å². The Hall–Kier alpha value is -1.26. The van der Waals surface area contributed by atoms with Gasteiger partial charge in [0.15, 0.2) is 0 Å². The van der Waals surface area contributed by atoms with Gasteiger partial charge < -0.3 is 15.2 Å². The van der Waals surface area contributed by atoms with Crippen molar-refractivity contribution in [2.45, 2.75) is 70.4 Å². The van der Waals surface area contributed by atoms with Crippen molar-refractivity contribution in [3.8, 4) is 0 Å². The molecular formula is C16H25NO4. The van der Waals surface area contributed by atoms with Gasteiger partial charge in [0.1, 0.15) is 5.60 Å². The highest BCUT2D eigenvalue weighted by Crippen LogP contribution is 2.61. The van der Waals surface area contributed by atoms with Gasteiger partial charge in [-0.05, 0) is 71.1 Å². The molecule has 2 unspecified atom stereocenters. The van der Waals surface area contributed by atoms with E-state index >= 15 is 0 Å². The molecule has 0 heterocycles. The number of carbonyl (C=O) groups excluding carboxylic acids is 1. The van der Waals surface area contributed by atoms with E-state index in [4.69, 9.17) is 4.74 Å². The predicted octanol–water partition coefficient (Wildman–Crippen LogP) is 2.93. The molecule has 0 aromatic carbocycles. The van der Waals surface area contributed by atoms with E-state index in [2.05, 4.69) is 5.32 Å². The van der Waals surface area contributed by atoms with Crippen molar-refractivity contribution in [2.24, 2.45) is 17.3 Å². The smallest absolute Gasteiger partial charge is 0.408 e. The molecule has 0 saturated heterocycles. The lowest BCUT2D eigenvalue weighted by molar-refractivity contribution is -0.168. The number of rotatable bonds is 2. The van der Waals surface area contributed by atoms with Crippen molar-refractivity contribution in [3.05, 3.63) is 0 Å². The summed E-state index contributed by atoms with van der Waals surface area (Å²) in [6.07, 6.45) is 4.61. The van der Waals surface area contributed by atoms with Crippen LogP contribution in [0.5, 0.6) is 0 Å². The third-order valence-electron chi connectivity index (χ3n) is 5.28. The fraction of sp³-hybridized carbons (Fsp3) is 0.875. The van der Waals surface area contributed by atoms with Crippen LogP contribution in [0.15, 0.2) is 0 Å². The molecule has 2 N–H and O–H groups in total. The topological polar surface area (TPSA) is 75.6 Å². The third-order valence-corrected chi connectivity index (χ3v) is 5.28. The van der Waals surface area contributed by atoms with Crippen LogP contribution in [0.25, 0.3) is 0 Å². The Morgan fingerprint density at radius 2 is 1.71 bits per heavy atom. The molecule has 5 nitrogen and oxygen atoms in total. The van der Waals surface area contributed by atoms with Crippen molar-refractivity contribution in [1.82, 2.24) is 5.32 Å². The van der Waals surface area contributed by atoms with Crippen LogP contribution in [0.4, 0.5) is 4.79 Å². The molecule has 0 spiro atoms. The van der Waals surface area contributed by atoms with Crippen LogP contribution < -0.4 is 5.32 Å². The van der Waals surface area contributed by atoms with Crippen LogP contribution in [-0.4, -0.2) is 28.3 Å². The zero-order valence-corrected chi connectivity index (χ0v) is 13.1. The van der Waals surface area contributed by atoms with Gasteiger partial charge in [-0.25, -0.2) is 4.79 Å². The van der Waals surface area contributed by atoms with Gasteiger partial charge in [-0.1, -0.05) is 0 Å².